The summed E-state index contributed by atoms with van der Waals surface area (Å²) in [4.78, 5) is 13.0. The van der Waals surface area contributed by atoms with Crippen molar-refractivity contribution in [2.75, 3.05) is 0 Å². The molecule has 0 saturated heterocycles. The third-order valence-corrected chi connectivity index (χ3v) is 12.8. The zero-order valence-corrected chi connectivity index (χ0v) is 41.2. The van der Waals surface area contributed by atoms with E-state index in [9.17, 15) is 20.1 Å². The molecule has 358 valence electrons. The molecule has 0 radical (unpaired) electrons. The van der Waals surface area contributed by atoms with Crippen LogP contribution in [-0.2, 0) is 4.79 Å². The number of aliphatic hydroxyl groups is 3. The first-order valence-electron chi connectivity index (χ1n) is 27.2. The maximum atomic E-state index is 13.0. The number of Topliss-reactive ketones (excluding diaryl/α,β-unsaturated/α-hetero) is 1. The topological polar surface area (TPSA) is 77.8 Å². The zero-order chi connectivity index (χ0) is 44.6. The molecule has 2 atom stereocenters. The average Bonchev–Trinajstić information content (AvgIpc) is 3.26. The van der Waals surface area contributed by atoms with E-state index in [-0.39, 0.29) is 6.42 Å². The normalized spacial score (nSPS) is 14.3. The fourth-order valence-corrected chi connectivity index (χ4v) is 8.48. The van der Waals surface area contributed by atoms with E-state index in [1.165, 1.54) is 230 Å². The Bertz CT molecular complexity index is 965. The van der Waals surface area contributed by atoms with Crippen LogP contribution >= 0.6 is 0 Å². The lowest BCUT2D eigenvalue weighted by Crippen LogP contribution is -2.49. The van der Waals surface area contributed by atoms with Crippen molar-refractivity contribution in [3.05, 3.63) is 48.6 Å². The van der Waals surface area contributed by atoms with E-state index < -0.39 is 23.6 Å². The molecular weight excluding hydrogens is 749 g/mol. The van der Waals surface area contributed by atoms with Gasteiger partial charge in [-0.25, -0.2) is 0 Å². The van der Waals surface area contributed by atoms with Crippen LogP contribution in [0, 0.1) is 0 Å². The first kappa shape index (κ1) is 59.5. The van der Waals surface area contributed by atoms with Gasteiger partial charge in [0.1, 0.15) is 17.8 Å². The quantitative estimate of drug-likeness (QED) is 0.0421. The van der Waals surface area contributed by atoms with Gasteiger partial charge in [-0.15, -0.1) is 0 Å². The van der Waals surface area contributed by atoms with Crippen molar-refractivity contribution < 1.29 is 20.1 Å². The summed E-state index contributed by atoms with van der Waals surface area (Å²) in [5, 5.41) is 33.8. The number of allylic oxidation sites excluding steroid dienone is 6. The summed E-state index contributed by atoms with van der Waals surface area (Å²) in [5.41, 5.74) is -1.86. The summed E-state index contributed by atoms with van der Waals surface area (Å²) in [6.07, 6.45) is 64.2. The lowest BCUT2D eigenvalue weighted by molar-refractivity contribution is -0.141. The monoisotopic (exact) mass is 855 g/mol. The van der Waals surface area contributed by atoms with Crippen LogP contribution in [0.1, 0.15) is 290 Å². The standard InChI is InChI=1S/C57H106O4/c1-4-7-10-13-16-19-22-25-28-29-30-33-36-39-42-45-48-51-54(58)55(59)56(60)57(61,52-49-46-43-40-37-34-31-26-23-20-17-14-11-8-5-2)53-50-47-44-41-38-35-32-27-24-21-18-15-12-9-6-3/h43-44,46-47,49-50,52-53,55-56,59-61H,4-42,45,48,51H2,1-3H3/t55?,56-,57?/m1/s1. The Morgan fingerprint density at radius 1 is 0.377 bits per heavy atom. The average molecular weight is 855 g/mol. The molecule has 0 fully saturated rings. The molecule has 61 heavy (non-hydrogen) atoms. The minimum Gasteiger partial charge on any atom is -0.386 e. The molecular formula is C57H106O4. The zero-order valence-electron chi connectivity index (χ0n) is 41.2. The third kappa shape index (κ3) is 41.0. The van der Waals surface area contributed by atoms with Crippen molar-refractivity contribution in [1.82, 2.24) is 0 Å². The molecule has 0 saturated carbocycles. The van der Waals surface area contributed by atoms with Crippen molar-refractivity contribution in [1.29, 1.82) is 0 Å². The Morgan fingerprint density at radius 2 is 0.623 bits per heavy atom. The van der Waals surface area contributed by atoms with Crippen LogP contribution < -0.4 is 0 Å². The predicted molar refractivity (Wildman–Crippen MR) is 269 cm³/mol. The Balaban J connectivity index is 4.68. The largest absolute Gasteiger partial charge is 0.386 e. The molecule has 0 aromatic heterocycles. The molecule has 1 unspecified atom stereocenters. The Morgan fingerprint density at radius 3 is 0.902 bits per heavy atom. The van der Waals surface area contributed by atoms with Crippen molar-refractivity contribution >= 4 is 5.78 Å². The molecule has 0 aliphatic heterocycles. The highest BCUT2D eigenvalue weighted by Gasteiger charge is 2.38. The minimum absolute atomic E-state index is 0.220. The highest BCUT2D eigenvalue weighted by molar-refractivity contribution is 5.83. The summed E-state index contributed by atoms with van der Waals surface area (Å²) < 4.78 is 0. The van der Waals surface area contributed by atoms with E-state index >= 15 is 0 Å². The van der Waals surface area contributed by atoms with Crippen molar-refractivity contribution in [2.45, 2.75) is 308 Å². The number of hydrogen-bond acceptors (Lipinski definition) is 4. The molecule has 0 heterocycles. The summed E-state index contributed by atoms with van der Waals surface area (Å²) in [6.45, 7) is 6.82. The smallest absolute Gasteiger partial charge is 0.164 e. The first-order valence-corrected chi connectivity index (χ1v) is 27.2. The molecule has 4 heteroatoms. The minimum atomic E-state index is -1.86. The van der Waals surface area contributed by atoms with Crippen LogP contribution in [0.25, 0.3) is 0 Å². The number of aliphatic hydroxyl groups excluding tert-OH is 2. The van der Waals surface area contributed by atoms with Crippen LogP contribution in [0.5, 0.6) is 0 Å². The Kier molecular flexibility index (Phi) is 46.8. The fraction of sp³-hybridized carbons (Fsp3) is 0.842. The second kappa shape index (κ2) is 48.0. The molecule has 3 N–H and O–H groups in total. The molecule has 0 aromatic rings. The van der Waals surface area contributed by atoms with Crippen molar-refractivity contribution in [3.8, 4) is 0 Å². The molecule has 4 nitrogen and oxygen atoms in total. The van der Waals surface area contributed by atoms with Crippen LogP contribution in [0.15, 0.2) is 48.6 Å². The third-order valence-electron chi connectivity index (χ3n) is 12.8. The molecule has 0 rings (SSSR count). The maximum Gasteiger partial charge on any atom is 0.164 e. The molecule has 0 aliphatic carbocycles. The van der Waals surface area contributed by atoms with Gasteiger partial charge in [0.2, 0.25) is 0 Å². The van der Waals surface area contributed by atoms with Gasteiger partial charge in [-0.1, -0.05) is 288 Å². The molecule has 0 amide bonds. The predicted octanol–water partition coefficient (Wildman–Crippen LogP) is 17.7. The number of unbranched alkanes of at least 4 members (excludes halogenated alkanes) is 38. The second-order valence-corrected chi connectivity index (χ2v) is 18.9. The summed E-state index contributed by atoms with van der Waals surface area (Å²) >= 11 is 0. The van der Waals surface area contributed by atoms with E-state index in [0.717, 1.165) is 38.5 Å². The van der Waals surface area contributed by atoms with E-state index in [2.05, 4.69) is 32.9 Å². The van der Waals surface area contributed by atoms with Crippen molar-refractivity contribution in [2.24, 2.45) is 0 Å². The van der Waals surface area contributed by atoms with E-state index in [4.69, 9.17) is 0 Å². The number of carbonyl (C=O) groups is 1. The number of carbonyl (C=O) groups excluding carboxylic acids is 1. The summed E-state index contributed by atoms with van der Waals surface area (Å²) in [5.74, 6) is -0.396. The fourth-order valence-electron chi connectivity index (χ4n) is 8.48. The highest BCUT2D eigenvalue weighted by Crippen LogP contribution is 2.22. The van der Waals surface area contributed by atoms with Gasteiger partial charge in [-0.2, -0.15) is 0 Å². The van der Waals surface area contributed by atoms with E-state index in [0.29, 0.717) is 6.42 Å². The Labute approximate surface area is 381 Å². The van der Waals surface area contributed by atoms with Crippen molar-refractivity contribution in [3.63, 3.8) is 0 Å². The van der Waals surface area contributed by atoms with Gasteiger partial charge in [0.15, 0.2) is 5.78 Å². The van der Waals surface area contributed by atoms with Crippen LogP contribution in [-0.4, -0.2) is 38.9 Å². The van der Waals surface area contributed by atoms with Gasteiger partial charge in [0.25, 0.3) is 0 Å². The number of rotatable bonds is 49. The van der Waals surface area contributed by atoms with E-state index in [1.807, 2.05) is 12.2 Å². The summed E-state index contributed by atoms with van der Waals surface area (Å²) in [6, 6.07) is 0. The van der Waals surface area contributed by atoms with Gasteiger partial charge >= 0.3 is 0 Å². The van der Waals surface area contributed by atoms with Gasteiger partial charge < -0.3 is 15.3 Å². The van der Waals surface area contributed by atoms with Gasteiger partial charge in [-0.3, -0.25) is 4.79 Å². The highest BCUT2D eigenvalue weighted by atomic mass is 16.4. The molecule has 0 aromatic carbocycles. The first-order chi connectivity index (χ1) is 29.9. The number of hydrogen-bond donors (Lipinski definition) is 3. The molecule has 0 spiro atoms. The van der Waals surface area contributed by atoms with Crippen LogP contribution in [0.2, 0.25) is 0 Å². The molecule has 0 bridgehead atoms. The Hall–Kier alpha value is -1.49. The second-order valence-electron chi connectivity index (χ2n) is 18.9. The lowest BCUT2D eigenvalue weighted by Gasteiger charge is -2.30. The van der Waals surface area contributed by atoms with Crippen LogP contribution in [0.4, 0.5) is 0 Å². The van der Waals surface area contributed by atoms with Gasteiger partial charge in [0, 0.05) is 6.42 Å². The number of ketones is 1. The SMILES string of the molecule is CCCCCCCCCCCCCC=CC=CC(O)(C=CC=CCCCCCCCCCCCCC)[C@H](O)C(O)C(=O)CCCCCCCCCCCCCCCCCCC. The van der Waals surface area contributed by atoms with Gasteiger partial charge in [-0.05, 0) is 44.3 Å². The summed E-state index contributed by atoms with van der Waals surface area (Å²) in [7, 11) is 0. The van der Waals surface area contributed by atoms with Crippen LogP contribution in [0.3, 0.4) is 0 Å². The van der Waals surface area contributed by atoms with Gasteiger partial charge in [0.05, 0.1) is 0 Å². The molecule has 0 aliphatic rings. The maximum absolute atomic E-state index is 13.0. The lowest BCUT2D eigenvalue weighted by atomic mass is 9.88. The van der Waals surface area contributed by atoms with E-state index in [1.54, 1.807) is 12.2 Å².